The number of aliphatic imine (C=N–C) groups is 1. The Morgan fingerprint density at radius 3 is 2.96 bits per heavy atom. The monoisotopic (exact) mass is 355 g/mol. The van der Waals surface area contributed by atoms with E-state index in [1.807, 2.05) is 24.0 Å². The minimum atomic E-state index is -0.0496. The van der Waals surface area contributed by atoms with Gasteiger partial charge in [-0.2, -0.15) is 5.26 Å². The van der Waals surface area contributed by atoms with Crippen molar-refractivity contribution in [2.45, 2.75) is 59.2 Å². The van der Waals surface area contributed by atoms with E-state index >= 15 is 0 Å². The number of aromatic nitrogens is 2. The second-order valence-corrected chi connectivity index (χ2v) is 6.50. The molecular weight excluding hydrogens is 326 g/mol. The van der Waals surface area contributed by atoms with Gasteiger partial charge in [-0.1, -0.05) is 26.5 Å². The molecule has 1 aromatic rings. The van der Waals surface area contributed by atoms with Gasteiger partial charge in [0.05, 0.1) is 30.3 Å². The lowest BCUT2D eigenvalue weighted by atomic mass is 10.2. The van der Waals surface area contributed by atoms with E-state index in [0.717, 1.165) is 37.3 Å². The average molecular weight is 355 g/mol. The maximum Gasteiger partial charge on any atom is 0.151 e. The molecule has 2 unspecified atom stereocenters. The molecule has 1 fully saturated rings. The van der Waals surface area contributed by atoms with Crippen molar-refractivity contribution >= 4 is 11.9 Å². The van der Waals surface area contributed by atoms with Crippen LogP contribution in [0.25, 0.3) is 5.57 Å². The molecule has 0 saturated carbocycles. The van der Waals surface area contributed by atoms with E-state index in [-0.39, 0.29) is 12.2 Å². The van der Waals surface area contributed by atoms with Crippen molar-refractivity contribution in [1.29, 1.82) is 5.26 Å². The van der Waals surface area contributed by atoms with Gasteiger partial charge in [0.25, 0.3) is 0 Å². The Morgan fingerprint density at radius 1 is 1.62 bits per heavy atom. The SMILES string of the molecule is C=C(C#N)c1nc(C)cn1C(C)N(/C=N\C(=C\CC)CC)C1CCOC1. The van der Waals surface area contributed by atoms with Crippen LogP contribution in [0.3, 0.4) is 0 Å². The Labute approximate surface area is 156 Å². The zero-order chi connectivity index (χ0) is 19.1. The Bertz CT molecular complexity index is 719. The average Bonchev–Trinajstić information content (AvgIpc) is 3.29. The topological polar surface area (TPSA) is 66.4 Å². The van der Waals surface area contributed by atoms with E-state index in [9.17, 15) is 5.26 Å². The molecule has 0 aliphatic carbocycles. The molecule has 1 aliphatic rings. The lowest BCUT2D eigenvalue weighted by molar-refractivity contribution is 0.147. The van der Waals surface area contributed by atoms with Crippen molar-refractivity contribution in [2.75, 3.05) is 13.2 Å². The third-order valence-electron chi connectivity index (χ3n) is 4.58. The van der Waals surface area contributed by atoms with Crippen LogP contribution in [-0.2, 0) is 4.74 Å². The molecule has 0 radical (unpaired) electrons. The Kier molecular flexibility index (Phi) is 7.16. The molecule has 1 aromatic heterocycles. The highest BCUT2D eigenvalue weighted by Crippen LogP contribution is 2.24. The minimum absolute atomic E-state index is 0.0496. The van der Waals surface area contributed by atoms with Gasteiger partial charge in [0.2, 0.25) is 0 Å². The second-order valence-electron chi connectivity index (χ2n) is 6.50. The molecular formula is C20H29N5O. The highest BCUT2D eigenvalue weighted by atomic mass is 16.5. The molecule has 6 heteroatoms. The van der Waals surface area contributed by atoms with Gasteiger partial charge in [-0.05, 0) is 33.1 Å². The van der Waals surface area contributed by atoms with Crippen molar-refractivity contribution in [3.05, 3.63) is 36.1 Å². The molecule has 1 saturated heterocycles. The molecule has 2 heterocycles. The van der Waals surface area contributed by atoms with Crippen LogP contribution in [0.1, 0.15) is 57.7 Å². The van der Waals surface area contributed by atoms with E-state index in [1.54, 1.807) is 0 Å². The number of allylic oxidation sites excluding steroid dienone is 3. The fraction of sp³-hybridized carbons (Fsp3) is 0.550. The zero-order valence-corrected chi connectivity index (χ0v) is 16.3. The molecule has 0 amide bonds. The van der Waals surface area contributed by atoms with Crippen molar-refractivity contribution < 1.29 is 4.74 Å². The molecule has 2 rings (SSSR count). The summed E-state index contributed by atoms with van der Waals surface area (Å²) in [5.74, 6) is 0.606. The Hall–Kier alpha value is -2.39. The second kappa shape index (κ2) is 9.35. The van der Waals surface area contributed by atoms with Gasteiger partial charge < -0.3 is 14.2 Å². The molecule has 0 N–H and O–H groups in total. The Morgan fingerprint density at radius 2 is 2.38 bits per heavy atom. The van der Waals surface area contributed by atoms with Gasteiger partial charge in [-0.3, -0.25) is 0 Å². The number of hydrogen-bond acceptors (Lipinski definition) is 4. The van der Waals surface area contributed by atoms with Crippen LogP contribution >= 0.6 is 0 Å². The lowest BCUT2D eigenvalue weighted by Gasteiger charge is -2.33. The summed E-state index contributed by atoms with van der Waals surface area (Å²) >= 11 is 0. The molecule has 0 bridgehead atoms. The van der Waals surface area contributed by atoms with Crippen LogP contribution < -0.4 is 0 Å². The van der Waals surface area contributed by atoms with Crippen molar-refractivity contribution in [1.82, 2.24) is 14.5 Å². The Balaban J connectivity index is 2.36. The fourth-order valence-corrected chi connectivity index (χ4v) is 3.14. The predicted octanol–water partition coefficient (Wildman–Crippen LogP) is 4.07. The number of ether oxygens (including phenoxy) is 1. The third kappa shape index (κ3) is 4.61. The van der Waals surface area contributed by atoms with Crippen LogP contribution in [0.4, 0.5) is 0 Å². The maximum atomic E-state index is 9.25. The van der Waals surface area contributed by atoms with Gasteiger partial charge in [-0.15, -0.1) is 0 Å². The van der Waals surface area contributed by atoms with E-state index in [4.69, 9.17) is 9.73 Å². The molecule has 140 valence electrons. The first-order valence-corrected chi connectivity index (χ1v) is 9.25. The van der Waals surface area contributed by atoms with Gasteiger partial charge in [0.1, 0.15) is 12.2 Å². The molecule has 2 atom stereocenters. The van der Waals surface area contributed by atoms with Crippen LogP contribution in [0, 0.1) is 18.3 Å². The quantitative estimate of drug-likeness (QED) is 0.400. The fourth-order valence-electron chi connectivity index (χ4n) is 3.14. The number of aryl methyl sites for hydroxylation is 1. The highest BCUT2D eigenvalue weighted by Gasteiger charge is 2.27. The van der Waals surface area contributed by atoms with Crippen LogP contribution in [0.5, 0.6) is 0 Å². The van der Waals surface area contributed by atoms with Crippen molar-refractivity contribution in [2.24, 2.45) is 4.99 Å². The van der Waals surface area contributed by atoms with E-state index < -0.39 is 0 Å². The van der Waals surface area contributed by atoms with Gasteiger partial charge in [-0.25, -0.2) is 9.98 Å². The first kappa shape index (κ1) is 19.9. The maximum absolute atomic E-state index is 9.25. The third-order valence-corrected chi connectivity index (χ3v) is 4.58. The van der Waals surface area contributed by atoms with Crippen LogP contribution in [0.2, 0.25) is 0 Å². The van der Waals surface area contributed by atoms with Crippen LogP contribution in [-0.4, -0.2) is 40.0 Å². The predicted molar refractivity (Wildman–Crippen MR) is 105 cm³/mol. The van der Waals surface area contributed by atoms with Gasteiger partial charge in [0, 0.05) is 18.5 Å². The van der Waals surface area contributed by atoms with Gasteiger partial charge in [0.15, 0.2) is 5.82 Å². The van der Waals surface area contributed by atoms with Crippen molar-refractivity contribution in [3.63, 3.8) is 0 Å². The largest absolute Gasteiger partial charge is 0.379 e. The van der Waals surface area contributed by atoms with Gasteiger partial charge >= 0.3 is 0 Å². The highest BCUT2D eigenvalue weighted by molar-refractivity contribution is 5.70. The number of rotatable bonds is 8. The summed E-state index contributed by atoms with van der Waals surface area (Å²) in [6.07, 6.45) is 8.80. The summed E-state index contributed by atoms with van der Waals surface area (Å²) in [6.45, 7) is 13.5. The zero-order valence-electron chi connectivity index (χ0n) is 16.3. The van der Waals surface area contributed by atoms with Crippen molar-refractivity contribution in [3.8, 4) is 6.07 Å². The molecule has 1 aliphatic heterocycles. The summed E-state index contributed by atoms with van der Waals surface area (Å²) in [4.78, 5) is 11.4. The van der Waals surface area contributed by atoms with E-state index in [1.165, 1.54) is 0 Å². The summed E-state index contributed by atoms with van der Waals surface area (Å²) in [7, 11) is 0. The van der Waals surface area contributed by atoms with Crippen LogP contribution in [0.15, 0.2) is 29.5 Å². The number of nitriles is 1. The smallest absolute Gasteiger partial charge is 0.151 e. The standard InChI is InChI=1S/C20H29N5O/c1-6-8-18(7-2)22-14-25(19-9-10-26-13-19)17(5)24-12-16(4)23-20(24)15(3)11-21/h8,12,14,17,19H,3,6-7,9-10,13H2,1-2,4-5H3/b18-8+,22-14-. The minimum Gasteiger partial charge on any atom is -0.379 e. The first-order chi connectivity index (χ1) is 12.5. The summed E-state index contributed by atoms with van der Waals surface area (Å²) in [5.41, 5.74) is 2.31. The molecule has 0 aromatic carbocycles. The molecule has 6 nitrogen and oxygen atoms in total. The number of nitrogens with zero attached hydrogens (tertiary/aromatic N) is 5. The van der Waals surface area contributed by atoms with E-state index in [2.05, 4.69) is 49.4 Å². The van der Waals surface area contributed by atoms with E-state index in [0.29, 0.717) is 18.0 Å². The number of imidazole rings is 1. The summed E-state index contributed by atoms with van der Waals surface area (Å²) in [6, 6.07) is 2.36. The summed E-state index contributed by atoms with van der Waals surface area (Å²) < 4.78 is 7.60. The summed E-state index contributed by atoms with van der Waals surface area (Å²) in [5, 5.41) is 9.25. The lowest BCUT2D eigenvalue weighted by Crippen LogP contribution is -2.39. The normalized spacial score (nSPS) is 18.9. The molecule has 26 heavy (non-hydrogen) atoms. The first-order valence-electron chi connectivity index (χ1n) is 9.25. The molecule has 0 spiro atoms. The number of hydrogen-bond donors (Lipinski definition) is 0.